The van der Waals surface area contributed by atoms with E-state index in [1.54, 1.807) is 0 Å². The smallest absolute Gasteiger partial charge is 0.122 e. The molecule has 0 aliphatic carbocycles. The van der Waals surface area contributed by atoms with E-state index < -0.39 is 8.07 Å². The second kappa shape index (κ2) is 5.47. The van der Waals surface area contributed by atoms with E-state index in [0.29, 0.717) is 6.73 Å². The Morgan fingerprint density at radius 3 is 2.72 bits per heavy atom. The highest BCUT2D eigenvalue weighted by molar-refractivity contribution is 6.76. The quantitative estimate of drug-likeness (QED) is 0.577. The Morgan fingerprint density at radius 2 is 2.00 bits per heavy atom. The summed E-state index contributed by atoms with van der Waals surface area (Å²) in [5, 5.41) is 1.94. The van der Waals surface area contributed by atoms with Crippen molar-refractivity contribution in [2.75, 3.05) is 6.61 Å². The van der Waals surface area contributed by atoms with Gasteiger partial charge in [-0.3, -0.25) is 0 Å². The molecule has 1 aromatic heterocycles. The number of ether oxygens (including phenoxy) is 1. The molecule has 0 radical (unpaired) electrons. The Bertz CT molecular complexity index is 530. The van der Waals surface area contributed by atoms with E-state index >= 15 is 0 Å². The van der Waals surface area contributed by atoms with E-state index in [1.807, 2.05) is 18.2 Å². The maximum absolute atomic E-state index is 5.97. The van der Waals surface area contributed by atoms with Gasteiger partial charge in [-0.05, 0) is 30.3 Å². The van der Waals surface area contributed by atoms with Crippen LogP contribution >= 0.6 is 11.6 Å². The summed E-state index contributed by atoms with van der Waals surface area (Å²) in [5.41, 5.74) is 1.17. The molecule has 0 saturated heterocycles. The number of halogens is 1. The average Bonchev–Trinajstić information content (AvgIpc) is 2.65. The van der Waals surface area contributed by atoms with Crippen LogP contribution in [-0.2, 0) is 11.5 Å². The van der Waals surface area contributed by atoms with Gasteiger partial charge in [-0.25, -0.2) is 0 Å². The molecule has 2 nitrogen and oxygen atoms in total. The lowest BCUT2D eigenvalue weighted by Gasteiger charge is -2.15. The van der Waals surface area contributed by atoms with Crippen molar-refractivity contribution in [2.45, 2.75) is 32.4 Å². The van der Waals surface area contributed by atoms with Crippen molar-refractivity contribution in [2.24, 2.45) is 0 Å². The molecule has 0 aliphatic rings. The van der Waals surface area contributed by atoms with Crippen molar-refractivity contribution in [3.8, 4) is 0 Å². The first kappa shape index (κ1) is 13.7. The highest BCUT2D eigenvalue weighted by Crippen LogP contribution is 2.20. The normalized spacial score (nSPS) is 12.2. The summed E-state index contributed by atoms with van der Waals surface area (Å²) in [6, 6.07) is 9.22. The summed E-state index contributed by atoms with van der Waals surface area (Å²) in [7, 11) is -0.992. The summed E-state index contributed by atoms with van der Waals surface area (Å²) < 4.78 is 7.88. The van der Waals surface area contributed by atoms with Crippen molar-refractivity contribution in [3.63, 3.8) is 0 Å². The van der Waals surface area contributed by atoms with E-state index in [-0.39, 0.29) is 0 Å². The third-order valence-electron chi connectivity index (χ3n) is 2.96. The van der Waals surface area contributed by atoms with Crippen LogP contribution in [0.15, 0.2) is 30.5 Å². The minimum absolute atomic E-state index is 0.621. The van der Waals surface area contributed by atoms with Crippen LogP contribution in [0.4, 0.5) is 0 Å². The van der Waals surface area contributed by atoms with Crippen LogP contribution in [0, 0.1) is 0 Å². The van der Waals surface area contributed by atoms with Crippen molar-refractivity contribution in [1.82, 2.24) is 4.57 Å². The summed E-state index contributed by atoms with van der Waals surface area (Å²) >= 11 is 5.97. The molecule has 1 aromatic carbocycles. The maximum Gasteiger partial charge on any atom is 0.122 e. The third-order valence-corrected chi connectivity index (χ3v) is 4.90. The van der Waals surface area contributed by atoms with E-state index in [2.05, 4.69) is 36.5 Å². The van der Waals surface area contributed by atoms with Gasteiger partial charge < -0.3 is 9.30 Å². The summed E-state index contributed by atoms with van der Waals surface area (Å²) in [5.74, 6) is 0. The minimum atomic E-state index is -0.992. The lowest BCUT2D eigenvalue weighted by atomic mass is 10.2. The van der Waals surface area contributed by atoms with Gasteiger partial charge in [0.15, 0.2) is 0 Å². The monoisotopic (exact) mass is 281 g/mol. The molecule has 4 heteroatoms. The first-order chi connectivity index (χ1) is 8.46. The van der Waals surface area contributed by atoms with Crippen molar-refractivity contribution < 1.29 is 4.74 Å². The number of aromatic nitrogens is 1. The molecule has 0 spiro atoms. The highest BCUT2D eigenvalue weighted by Gasteiger charge is 2.12. The van der Waals surface area contributed by atoms with Gasteiger partial charge in [0.1, 0.15) is 6.73 Å². The summed E-state index contributed by atoms with van der Waals surface area (Å²) in [6.07, 6.45) is 2.05. The van der Waals surface area contributed by atoms with Gasteiger partial charge in [-0.1, -0.05) is 31.2 Å². The van der Waals surface area contributed by atoms with Crippen molar-refractivity contribution >= 4 is 30.6 Å². The van der Waals surface area contributed by atoms with Gasteiger partial charge in [-0.2, -0.15) is 0 Å². The number of benzene rings is 1. The molecule has 98 valence electrons. The van der Waals surface area contributed by atoms with Crippen LogP contribution in [0.1, 0.15) is 0 Å². The fourth-order valence-corrected chi connectivity index (χ4v) is 2.76. The summed E-state index contributed by atoms with van der Waals surface area (Å²) in [4.78, 5) is 0. The summed E-state index contributed by atoms with van der Waals surface area (Å²) in [6.45, 7) is 8.56. The fraction of sp³-hybridized carbons (Fsp3) is 0.429. The predicted octanol–water partition coefficient (Wildman–Crippen LogP) is 4.61. The predicted molar refractivity (Wildman–Crippen MR) is 81.1 cm³/mol. The second-order valence-corrected chi connectivity index (χ2v) is 11.9. The van der Waals surface area contributed by atoms with Crippen LogP contribution in [-0.4, -0.2) is 19.2 Å². The fourth-order valence-electron chi connectivity index (χ4n) is 1.82. The maximum atomic E-state index is 5.97. The van der Waals surface area contributed by atoms with Crippen molar-refractivity contribution in [3.05, 3.63) is 35.5 Å². The zero-order valence-corrected chi connectivity index (χ0v) is 13.0. The first-order valence-corrected chi connectivity index (χ1v) is 10.4. The van der Waals surface area contributed by atoms with Crippen LogP contribution in [0.3, 0.4) is 0 Å². The number of hydrogen-bond donors (Lipinski definition) is 0. The van der Waals surface area contributed by atoms with Gasteiger partial charge in [0.05, 0.1) is 5.52 Å². The van der Waals surface area contributed by atoms with Crippen LogP contribution in [0.5, 0.6) is 0 Å². The molecule has 0 N–H and O–H groups in total. The van der Waals surface area contributed by atoms with E-state index in [1.165, 1.54) is 11.6 Å². The van der Waals surface area contributed by atoms with Gasteiger partial charge in [0.2, 0.25) is 0 Å². The van der Waals surface area contributed by atoms with Gasteiger partial charge in [-0.15, -0.1) is 0 Å². The SMILES string of the molecule is C[Si](C)(C)CCOCn1ccc2cc(Cl)ccc21. The van der Waals surface area contributed by atoms with Gasteiger partial charge in [0.25, 0.3) is 0 Å². The molecular formula is C14H20ClNOSi. The number of rotatable bonds is 5. The molecule has 2 aromatic rings. The Balaban J connectivity index is 1.96. The number of hydrogen-bond acceptors (Lipinski definition) is 1. The molecule has 0 fully saturated rings. The lowest BCUT2D eigenvalue weighted by molar-refractivity contribution is 0.0902. The third kappa shape index (κ3) is 3.61. The van der Waals surface area contributed by atoms with E-state index in [4.69, 9.17) is 16.3 Å². The number of fused-ring (bicyclic) bond motifs is 1. The highest BCUT2D eigenvalue weighted by atomic mass is 35.5. The molecule has 0 aliphatic heterocycles. The largest absolute Gasteiger partial charge is 0.361 e. The molecule has 0 atom stereocenters. The molecular weight excluding hydrogens is 262 g/mol. The Kier molecular flexibility index (Phi) is 4.15. The van der Waals surface area contributed by atoms with Crippen LogP contribution in [0.2, 0.25) is 30.7 Å². The van der Waals surface area contributed by atoms with Gasteiger partial charge in [0, 0.05) is 31.3 Å². The molecule has 2 rings (SSSR count). The Hall–Kier alpha value is -0.773. The lowest BCUT2D eigenvalue weighted by Crippen LogP contribution is -2.21. The van der Waals surface area contributed by atoms with Crippen LogP contribution in [0.25, 0.3) is 10.9 Å². The minimum Gasteiger partial charge on any atom is -0.361 e. The molecule has 0 saturated carbocycles. The molecule has 0 amide bonds. The van der Waals surface area contributed by atoms with E-state index in [9.17, 15) is 0 Å². The molecule has 1 heterocycles. The first-order valence-electron chi connectivity index (χ1n) is 6.28. The van der Waals surface area contributed by atoms with Crippen molar-refractivity contribution in [1.29, 1.82) is 0 Å². The second-order valence-electron chi connectivity index (χ2n) is 5.84. The topological polar surface area (TPSA) is 14.2 Å². The zero-order chi connectivity index (χ0) is 13.2. The van der Waals surface area contributed by atoms with Crippen LogP contribution < -0.4 is 0 Å². The molecule has 0 unspecified atom stereocenters. The standard InChI is InChI=1S/C14H20ClNOSi/c1-18(2,3)9-8-17-11-16-7-6-12-10-13(15)4-5-14(12)16/h4-7,10H,8-9,11H2,1-3H3. The average molecular weight is 282 g/mol. The molecule has 0 bridgehead atoms. The van der Waals surface area contributed by atoms with E-state index in [0.717, 1.165) is 17.0 Å². The van der Waals surface area contributed by atoms with Gasteiger partial charge >= 0.3 is 0 Å². The number of nitrogens with zero attached hydrogens (tertiary/aromatic N) is 1. The molecule has 18 heavy (non-hydrogen) atoms. The Morgan fingerprint density at radius 1 is 1.22 bits per heavy atom. The Labute approximate surface area is 115 Å². The zero-order valence-electron chi connectivity index (χ0n) is 11.2.